The van der Waals surface area contributed by atoms with Crippen LogP contribution in [-0.2, 0) is 0 Å². The molecule has 232 valence electrons. The van der Waals surface area contributed by atoms with Gasteiger partial charge in [-0.3, -0.25) is 0 Å². The van der Waals surface area contributed by atoms with E-state index < -0.39 is 0 Å². The lowest BCUT2D eigenvalue weighted by atomic mass is 9.85. The molecule has 11 rings (SSSR count). The summed E-state index contributed by atoms with van der Waals surface area (Å²) in [6.45, 7) is 0. The summed E-state index contributed by atoms with van der Waals surface area (Å²) in [4.78, 5) is 0. The summed E-state index contributed by atoms with van der Waals surface area (Å²) in [5.41, 5.74) is 9.21. The largest absolute Gasteiger partial charge is 0.455 e. The van der Waals surface area contributed by atoms with Crippen molar-refractivity contribution in [2.24, 2.45) is 0 Å². The Bertz CT molecular complexity index is 3090. The van der Waals surface area contributed by atoms with Gasteiger partial charge in [0, 0.05) is 26.2 Å². The van der Waals surface area contributed by atoms with Crippen molar-refractivity contribution in [2.75, 3.05) is 0 Å². The molecule has 0 saturated heterocycles. The topological polar surface area (TPSA) is 13.1 Å². The summed E-state index contributed by atoms with van der Waals surface area (Å²) in [7, 11) is 0. The van der Waals surface area contributed by atoms with Gasteiger partial charge in [0.1, 0.15) is 5.58 Å². The molecule has 0 radical (unpaired) electrons. The first kappa shape index (κ1) is 27.7. The molecule has 0 spiro atoms. The van der Waals surface area contributed by atoms with Crippen LogP contribution >= 0.6 is 11.3 Å². The SMILES string of the molecule is c1ccc(-c2c3ccccc3c(-c3cccc(-c4ccc5c(c4)oc4c5ccc5c6cc7ccccc7cc6sc54)c3)c3ccccc23)cc1. The van der Waals surface area contributed by atoms with E-state index >= 15 is 0 Å². The summed E-state index contributed by atoms with van der Waals surface area (Å²) in [6, 6.07) is 61.9. The Balaban J connectivity index is 1.08. The van der Waals surface area contributed by atoms with Gasteiger partial charge in [-0.2, -0.15) is 0 Å². The average Bonchev–Trinajstić information content (AvgIpc) is 3.74. The van der Waals surface area contributed by atoms with Crippen molar-refractivity contribution in [2.45, 2.75) is 0 Å². The molecule has 0 unspecified atom stereocenters. The van der Waals surface area contributed by atoms with E-state index in [1.165, 1.54) is 85.7 Å². The second-order valence-electron chi connectivity index (χ2n) is 13.2. The molecule has 0 aliphatic heterocycles. The van der Waals surface area contributed by atoms with Gasteiger partial charge in [0.2, 0.25) is 0 Å². The summed E-state index contributed by atoms with van der Waals surface area (Å²) in [5, 5.41) is 12.5. The molecule has 2 heteroatoms. The molecule has 11 aromatic rings. The highest BCUT2D eigenvalue weighted by molar-refractivity contribution is 7.26. The summed E-state index contributed by atoms with van der Waals surface area (Å²) in [5.74, 6) is 0. The van der Waals surface area contributed by atoms with Gasteiger partial charge >= 0.3 is 0 Å². The fourth-order valence-corrected chi connectivity index (χ4v) is 9.36. The number of furan rings is 1. The van der Waals surface area contributed by atoms with Crippen LogP contribution in [0.25, 0.3) is 108 Å². The summed E-state index contributed by atoms with van der Waals surface area (Å²) < 4.78 is 9.26. The van der Waals surface area contributed by atoms with Crippen LogP contribution in [0.2, 0.25) is 0 Å². The van der Waals surface area contributed by atoms with Crippen LogP contribution in [0.15, 0.2) is 174 Å². The van der Waals surface area contributed by atoms with E-state index in [0.29, 0.717) is 0 Å². The fraction of sp³-hybridized carbons (Fsp3) is 0. The molecule has 0 atom stereocenters. The van der Waals surface area contributed by atoms with Crippen molar-refractivity contribution in [3.63, 3.8) is 0 Å². The van der Waals surface area contributed by atoms with Gasteiger partial charge in [0.05, 0.1) is 4.70 Å². The highest BCUT2D eigenvalue weighted by Crippen LogP contribution is 2.46. The molecule has 0 bridgehead atoms. The van der Waals surface area contributed by atoms with Gasteiger partial charge in [-0.25, -0.2) is 0 Å². The van der Waals surface area contributed by atoms with Crippen LogP contribution in [0, 0.1) is 0 Å². The van der Waals surface area contributed by atoms with Crippen LogP contribution in [0.3, 0.4) is 0 Å². The van der Waals surface area contributed by atoms with E-state index in [1.807, 2.05) is 11.3 Å². The molecular formula is C48H28OS. The number of fused-ring (bicyclic) bond motifs is 10. The van der Waals surface area contributed by atoms with Crippen molar-refractivity contribution < 1.29 is 4.42 Å². The Hall–Kier alpha value is -6.22. The maximum absolute atomic E-state index is 6.75. The maximum atomic E-state index is 6.75. The first-order valence-corrected chi connectivity index (χ1v) is 17.9. The molecule has 50 heavy (non-hydrogen) atoms. The standard InChI is InChI=1S/C48H28OS/c1-2-11-29(12-3-1)45-36-17-6-8-19-38(36)46(39-20-9-7-18-37(39)45)34-16-10-15-30(25-34)33-21-22-35-40-23-24-41-42-26-31-13-4-5-14-32(31)28-44(42)50-48(41)47(40)49-43(35)27-33/h1-28H. The second-order valence-corrected chi connectivity index (χ2v) is 14.3. The van der Waals surface area contributed by atoms with Crippen LogP contribution in [0.4, 0.5) is 0 Å². The van der Waals surface area contributed by atoms with Crippen molar-refractivity contribution >= 4 is 85.8 Å². The monoisotopic (exact) mass is 652 g/mol. The Labute approximate surface area is 292 Å². The Morgan fingerprint density at radius 2 is 0.900 bits per heavy atom. The van der Waals surface area contributed by atoms with E-state index in [1.54, 1.807) is 0 Å². The molecule has 0 aliphatic rings. The number of hydrogen-bond acceptors (Lipinski definition) is 2. The van der Waals surface area contributed by atoms with E-state index in [2.05, 4.69) is 170 Å². The molecule has 0 N–H and O–H groups in total. The predicted octanol–water partition coefficient (Wildman–Crippen LogP) is 14.4. The van der Waals surface area contributed by atoms with E-state index in [0.717, 1.165) is 22.1 Å². The molecule has 0 amide bonds. The molecule has 2 heterocycles. The summed E-state index contributed by atoms with van der Waals surface area (Å²) in [6.07, 6.45) is 0. The first-order valence-electron chi connectivity index (χ1n) is 17.1. The van der Waals surface area contributed by atoms with Crippen LogP contribution in [0.1, 0.15) is 0 Å². The zero-order chi connectivity index (χ0) is 32.8. The first-order chi connectivity index (χ1) is 24.8. The molecule has 2 aromatic heterocycles. The maximum Gasteiger partial charge on any atom is 0.153 e. The highest BCUT2D eigenvalue weighted by Gasteiger charge is 2.18. The highest BCUT2D eigenvalue weighted by atomic mass is 32.1. The van der Waals surface area contributed by atoms with E-state index in [4.69, 9.17) is 4.42 Å². The lowest BCUT2D eigenvalue weighted by Crippen LogP contribution is -1.91. The number of benzene rings is 9. The number of hydrogen-bond donors (Lipinski definition) is 0. The third-order valence-electron chi connectivity index (χ3n) is 10.4. The third kappa shape index (κ3) is 4.06. The van der Waals surface area contributed by atoms with E-state index in [9.17, 15) is 0 Å². The minimum atomic E-state index is 0.918. The molecule has 0 aliphatic carbocycles. The van der Waals surface area contributed by atoms with Gasteiger partial charge < -0.3 is 4.42 Å². The van der Waals surface area contributed by atoms with Gasteiger partial charge in [-0.05, 0) is 102 Å². The quantitative estimate of drug-likeness (QED) is 0.173. The third-order valence-corrected chi connectivity index (χ3v) is 11.6. The van der Waals surface area contributed by atoms with Crippen LogP contribution < -0.4 is 0 Å². The molecule has 0 saturated carbocycles. The van der Waals surface area contributed by atoms with Crippen molar-refractivity contribution in [1.82, 2.24) is 0 Å². The van der Waals surface area contributed by atoms with Crippen molar-refractivity contribution in [3.8, 4) is 33.4 Å². The molecular weight excluding hydrogens is 625 g/mol. The molecule has 1 nitrogen and oxygen atoms in total. The lowest BCUT2D eigenvalue weighted by Gasteiger charge is -2.18. The second kappa shape index (κ2) is 10.6. The van der Waals surface area contributed by atoms with Gasteiger partial charge in [-0.15, -0.1) is 11.3 Å². The Morgan fingerprint density at radius 3 is 1.64 bits per heavy atom. The summed E-state index contributed by atoms with van der Waals surface area (Å²) >= 11 is 1.83. The van der Waals surface area contributed by atoms with Crippen LogP contribution in [-0.4, -0.2) is 0 Å². The normalized spacial score (nSPS) is 12.0. The predicted molar refractivity (Wildman–Crippen MR) is 215 cm³/mol. The smallest absolute Gasteiger partial charge is 0.153 e. The average molecular weight is 653 g/mol. The Kier molecular flexibility index (Phi) is 5.89. The number of thiophene rings is 1. The number of rotatable bonds is 3. The van der Waals surface area contributed by atoms with Crippen LogP contribution in [0.5, 0.6) is 0 Å². The zero-order valence-corrected chi connectivity index (χ0v) is 27.8. The zero-order valence-electron chi connectivity index (χ0n) is 27.0. The Morgan fingerprint density at radius 1 is 0.340 bits per heavy atom. The van der Waals surface area contributed by atoms with E-state index in [-0.39, 0.29) is 0 Å². The fourth-order valence-electron chi connectivity index (χ4n) is 8.14. The minimum Gasteiger partial charge on any atom is -0.455 e. The van der Waals surface area contributed by atoms with Gasteiger partial charge in [0.25, 0.3) is 0 Å². The van der Waals surface area contributed by atoms with Gasteiger partial charge in [0.15, 0.2) is 5.58 Å². The molecule has 9 aromatic carbocycles. The van der Waals surface area contributed by atoms with Crippen molar-refractivity contribution in [1.29, 1.82) is 0 Å². The lowest BCUT2D eigenvalue weighted by molar-refractivity contribution is 0.673. The van der Waals surface area contributed by atoms with Crippen molar-refractivity contribution in [3.05, 3.63) is 170 Å². The molecule has 0 fully saturated rings. The van der Waals surface area contributed by atoms with Gasteiger partial charge in [-0.1, -0.05) is 133 Å². The minimum absolute atomic E-state index is 0.918.